The molecule has 0 bridgehead atoms. The number of amides is 1. The van der Waals surface area contributed by atoms with E-state index in [2.05, 4.69) is 0 Å². The monoisotopic (exact) mass is 493 g/mol. The van der Waals surface area contributed by atoms with Crippen LogP contribution in [-0.4, -0.2) is 76.2 Å². The highest BCUT2D eigenvalue weighted by Gasteiger charge is 2.33. The summed E-state index contributed by atoms with van der Waals surface area (Å²) in [4.78, 5) is 29.1. The second-order valence-electron chi connectivity index (χ2n) is 7.95. The highest BCUT2D eigenvalue weighted by atomic mass is 35.5. The fraction of sp³-hybridized carbons (Fsp3) is 0.391. The van der Waals surface area contributed by atoms with E-state index in [-0.39, 0.29) is 18.4 Å². The summed E-state index contributed by atoms with van der Waals surface area (Å²) in [5.74, 6) is -0.677. The van der Waals surface area contributed by atoms with E-state index in [0.29, 0.717) is 36.9 Å². The van der Waals surface area contributed by atoms with Crippen LogP contribution in [0.3, 0.4) is 0 Å². The minimum absolute atomic E-state index is 0.276. The molecule has 0 N–H and O–H groups in total. The topological polar surface area (TPSA) is 87.2 Å². The second-order valence-corrected chi connectivity index (χ2v) is 10.3. The Morgan fingerprint density at radius 1 is 1.06 bits per heavy atom. The van der Waals surface area contributed by atoms with Crippen LogP contribution in [0, 0.1) is 6.92 Å². The van der Waals surface area contributed by atoms with Gasteiger partial charge in [0.2, 0.25) is 15.9 Å². The van der Waals surface area contributed by atoms with Gasteiger partial charge in [0.25, 0.3) is 0 Å². The molecule has 2 aromatic rings. The number of piperazine rings is 1. The molecule has 1 saturated heterocycles. The Morgan fingerprint density at radius 2 is 1.67 bits per heavy atom. The van der Waals surface area contributed by atoms with Gasteiger partial charge < -0.3 is 9.64 Å². The Bertz CT molecular complexity index is 1100. The maximum Gasteiger partial charge on any atom is 0.327 e. The molecule has 178 valence electrons. The maximum absolute atomic E-state index is 13.0. The van der Waals surface area contributed by atoms with Gasteiger partial charge >= 0.3 is 5.97 Å². The van der Waals surface area contributed by atoms with Gasteiger partial charge in [0.05, 0.1) is 19.1 Å². The molecule has 1 atom stereocenters. The van der Waals surface area contributed by atoms with Gasteiger partial charge in [0, 0.05) is 31.2 Å². The lowest BCUT2D eigenvalue weighted by molar-refractivity contribution is -0.148. The van der Waals surface area contributed by atoms with Crippen LogP contribution >= 0.6 is 11.6 Å². The summed E-state index contributed by atoms with van der Waals surface area (Å²) in [6, 6.07) is 13.5. The van der Waals surface area contributed by atoms with Crippen molar-refractivity contribution in [3.8, 4) is 0 Å². The van der Waals surface area contributed by atoms with Gasteiger partial charge in [0.15, 0.2) is 0 Å². The van der Waals surface area contributed by atoms with Crippen molar-refractivity contribution in [2.45, 2.75) is 13.0 Å². The van der Waals surface area contributed by atoms with Crippen LogP contribution in [0.5, 0.6) is 0 Å². The Labute approximate surface area is 199 Å². The van der Waals surface area contributed by atoms with Crippen molar-refractivity contribution in [1.29, 1.82) is 0 Å². The number of ether oxygens (including phenoxy) is 1. The molecule has 0 radical (unpaired) electrons. The molecule has 3 rings (SSSR count). The van der Waals surface area contributed by atoms with Crippen LogP contribution < -0.4 is 4.31 Å². The number of carbonyl (C=O) groups is 2. The minimum Gasteiger partial charge on any atom is -0.468 e. The van der Waals surface area contributed by atoms with Crippen LogP contribution in [0.2, 0.25) is 5.02 Å². The number of sulfonamides is 1. The first-order chi connectivity index (χ1) is 15.6. The summed E-state index contributed by atoms with van der Waals surface area (Å²) in [7, 11) is -2.31. The Morgan fingerprint density at radius 3 is 2.21 bits per heavy atom. The lowest BCUT2D eigenvalue weighted by Crippen LogP contribution is -2.53. The zero-order valence-corrected chi connectivity index (χ0v) is 20.5. The summed E-state index contributed by atoms with van der Waals surface area (Å²) in [5, 5.41) is 0.571. The van der Waals surface area contributed by atoms with Crippen molar-refractivity contribution in [2.75, 3.05) is 50.4 Å². The molecule has 1 aliphatic rings. The fourth-order valence-corrected chi connectivity index (χ4v) is 4.96. The lowest BCUT2D eigenvalue weighted by Gasteiger charge is -2.39. The Kier molecular flexibility index (Phi) is 7.99. The van der Waals surface area contributed by atoms with E-state index >= 15 is 0 Å². The van der Waals surface area contributed by atoms with Gasteiger partial charge in [-0.25, -0.2) is 13.2 Å². The molecule has 1 amide bonds. The predicted molar refractivity (Wildman–Crippen MR) is 128 cm³/mol. The first kappa shape index (κ1) is 25.0. The summed E-state index contributed by atoms with van der Waals surface area (Å²) in [5.41, 5.74) is 2.01. The van der Waals surface area contributed by atoms with Gasteiger partial charge in [-0.05, 0) is 36.2 Å². The van der Waals surface area contributed by atoms with Crippen molar-refractivity contribution in [3.05, 3.63) is 64.7 Å². The summed E-state index contributed by atoms with van der Waals surface area (Å²) in [6.07, 6.45) is 1.09. The molecule has 0 aromatic heterocycles. The summed E-state index contributed by atoms with van der Waals surface area (Å²) in [6.45, 7) is 3.15. The van der Waals surface area contributed by atoms with Crippen LogP contribution in [0.4, 0.5) is 5.69 Å². The van der Waals surface area contributed by atoms with Gasteiger partial charge in [-0.2, -0.15) is 0 Å². The van der Waals surface area contributed by atoms with E-state index in [9.17, 15) is 18.0 Å². The third kappa shape index (κ3) is 6.04. The number of rotatable bonds is 7. The third-order valence-corrected chi connectivity index (χ3v) is 7.08. The van der Waals surface area contributed by atoms with Crippen LogP contribution in [0.1, 0.15) is 17.2 Å². The normalized spacial score (nSPS) is 15.7. The number of nitrogens with zero attached hydrogens (tertiary/aromatic N) is 3. The smallest absolute Gasteiger partial charge is 0.327 e. The molecule has 2 aromatic carbocycles. The molecule has 1 fully saturated rings. The van der Waals surface area contributed by atoms with Gasteiger partial charge in [-0.3, -0.25) is 14.0 Å². The number of aryl methyl sites for hydroxylation is 1. The minimum atomic E-state index is -3.65. The molecule has 10 heteroatoms. The largest absolute Gasteiger partial charge is 0.468 e. The summed E-state index contributed by atoms with van der Waals surface area (Å²) < 4.78 is 31.0. The second kappa shape index (κ2) is 10.5. The molecular weight excluding hydrogens is 466 g/mol. The average Bonchev–Trinajstić information content (AvgIpc) is 2.79. The van der Waals surface area contributed by atoms with Crippen molar-refractivity contribution < 1.29 is 22.7 Å². The molecule has 1 heterocycles. The number of hydrogen-bond donors (Lipinski definition) is 0. The van der Waals surface area contributed by atoms with E-state index in [1.54, 1.807) is 54.3 Å². The Balaban J connectivity index is 1.71. The average molecular weight is 494 g/mol. The number of hydrogen-bond acceptors (Lipinski definition) is 6. The molecule has 1 aliphatic heterocycles. The van der Waals surface area contributed by atoms with E-state index in [1.165, 1.54) is 7.11 Å². The van der Waals surface area contributed by atoms with Gasteiger partial charge in [0.1, 0.15) is 12.6 Å². The van der Waals surface area contributed by atoms with Gasteiger partial charge in [-0.1, -0.05) is 41.9 Å². The number of para-hydroxylation sites is 1. The lowest BCUT2D eigenvalue weighted by atomic mass is 10.0. The number of halogens is 1. The number of methoxy groups -OCH3 is 1. The molecule has 0 saturated carbocycles. The predicted octanol–water partition coefficient (Wildman–Crippen LogP) is 2.47. The molecule has 0 spiro atoms. The number of carbonyl (C=O) groups excluding carboxylic acids is 2. The number of esters is 1. The first-order valence-corrected chi connectivity index (χ1v) is 12.7. The first-order valence-electron chi connectivity index (χ1n) is 10.5. The number of anilines is 1. The van der Waals surface area contributed by atoms with Crippen LogP contribution in [0.15, 0.2) is 48.5 Å². The van der Waals surface area contributed by atoms with E-state index < -0.39 is 16.1 Å². The molecule has 1 unspecified atom stereocenters. The highest BCUT2D eigenvalue weighted by Crippen LogP contribution is 2.26. The standard InChI is InChI=1S/C23H28ClN3O5S/c1-17-6-4-5-7-20(17)27(33(3,30)31)16-21(28)25-12-14-26(15-13-25)22(23(29)32-2)18-8-10-19(24)11-9-18/h4-11,22H,12-16H2,1-3H3. The van der Waals surface area contributed by atoms with Crippen LogP contribution in [-0.2, 0) is 24.3 Å². The fourth-order valence-electron chi connectivity index (χ4n) is 3.93. The van der Waals surface area contributed by atoms with E-state index in [4.69, 9.17) is 16.3 Å². The van der Waals surface area contributed by atoms with E-state index in [0.717, 1.165) is 21.7 Å². The number of benzene rings is 2. The quantitative estimate of drug-likeness (QED) is 0.551. The maximum atomic E-state index is 13.0. The van der Waals surface area contributed by atoms with Crippen LogP contribution in [0.25, 0.3) is 0 Å². The molecular formula is C23H28ClN3O5S. The Hall–Kier alpha value is -2.62. The molecule has 0 aliphatic carbocycles. The zero-order chi connectivity index (χ0) is 24.2. The molecule has 33 heavy (non-hydrogen) atoms. The summed E-state index contributed by atoms with van der Waals surface area (Å²) >= 11 is 5.98. The molecule has 8 nitrogen and oxygen atoms in total. The van der Waals surface area contributed by atoms with Crippen molar-refractivity contribution in [3.63, 3.8) is 0 Å². The van der Waals surface area contributed by atoms with Crippen molar-refractivity contribution in [2.24, 2.45) is 0 Å². The van der Waals surface area contributed by atoms with Gasteiger partial charge in [-0.15, -0.1) is 0 Å². The zero-order valence-electron chi connectivity index (χ0n) is 18.9. The third-order valence-electron chi connectivity index (χ3n) is 5.71. The highest BCUT2D eigenvalue weighted by molar-refractivity contribution is 7.92. The van der Waals surface area contributed by atoms with E-state index in [1.807, 2.05) is 11.0 Å². The van der Waals surface area contributed by atoms with Crippen molar-refractivity contribution in [1.82, 2.24) is 9.80 Å². The van der Waals surface area contributed by atoms with Crippen molar-refractivity contribution >= 4 is 39.2 Å². The SMILES string of the molecule is COC(=O)C(c1ccc(Cl)cc1)N1CCN(C(=O)CN(c2ccccc2C)S(C)(=O)=O)CC1.